The van der Waals surface area contributed by atoms with E-state index >= 15 is 0 Å². The van der Waals surface area contributed by atoms with Crippen molar-refractivity contribution in [2.75, 3.05) is 13.7 Å². The first kappa shape index (κ1) is 18.6. The van der Waals surface area contributed by atoms with Crippen LogP contribution >= 0.6 is 0 Å². The minimum Gasteiger partial charge on any atom is -0.493 e. The Morgan fingerprint density at radius 2 is 2.29 bits per heavy atom. The van der Waals surface area contributed by atoms with Gasteiger partial charge in [0.15, 0.2) is 0 Å². The van der Waals surface area contributed by atoms with Crippen LogP contribution in [0.2, 0.25) is 0 Å². The van der Waals surface area contributed by atoms with Crippen molar-refractivity contribution in [1.29, 1.82) is 0 Å². The summed E-state index contributed by atoms with van der Waals surface area (Å²) in [4.78, 5) is 35.7. The van der Waals surface area contributed by atoms with Gasteiger partial charge in [-0.15, -0.1) is 0 Å². The van der Waals surface area contributed by atoms with Crippen LogP contribution in [0.1, 0.15) is 55.0 Å². The third-order valence-electron chi connectivity index (χ3n) is 5.61. The molecule has 1 unspecified atom stereocenters. The molecule has 4 rings (SSSR count). The van der Waals surface area contributed by atoms with E-state index in [-0.39, 0.29) is 18.3 Å². The van der Waals surface area contributed by atoms with Crippen molar-refractivity contribution in [2.24, 2.45) is 0 Å². The highest BCUT2D eigenvalue weighted by Gasteiger charge is 2.37. The summed E-state index contributed by atoms with van der Waals surface area (Å²) in [6.07, 6.45) is 7.88. The average molecular weight is 384 g/mol. The highest BCUT2D eigenvalue weighted by molar-refractivity contribution is 5.95. The van der Waals surface area contributed by atoms with Gasteiger partial charge in [-0.2, -0.15) is 0 Å². The Balaban J connectivity index is 1.53. The van der Waals surface area contributed by atoms with E-state index in [1.807, 2.05) is 26.0 Å². The monoisotopic (exact) mass is 384 g/mol. The molecular weight excluding hydrogens is 360 g/mol. The van der Waals surface area contributed by atoms with Crippen LogP contribution in [0.4, 0.5) is 0 Å². The molecule has 3 aliphatic rings. The molecule has 0 saturated heterocycles. The maximum atomic E-state index is 12.8. The SMILES string of the molecule is CCC1(C)OCc2cnc(C(=O)N[C@H]3COC4=C(C=CCC4)N(C)C3=O)nc21. The van der Waals surface area contributed by atoms with Gasteiger partial charge in [-0.05, 0) is 25.8 Å². The van der Waals surface area contributed by atoms with E-state index in [1.54, 1.807) is 13.2 Å². The van der Waals surface area contributed by atoms with Gasteiger partial charge in [-0.3, -0.25) is 9.59 Å². The van der Waals surface area contributed by atoms with Gasteiger partial charge in [0, 0.05) is 25.2 Å². The fourth-order valence-electron chi connectivity index (χ4n) is 3.66. The van der Waals surface area contributed by atoms with Crippen LogP contribution < -0.4 is 5.32 Å². The summed E-state index contributed by atoms with van der Waals surface area (Å²) in [5, 5.41) is 2.73. The highest BCUT2D eigenvalue weighted by Crippen LogP contribution is 2.36. The van der Waals surface area contributed by atoms with Crippen molar-refractivity contribution in [3.05, 3.63) is 46.9 Å². The number of hydrogen-bond acceptors (Lipinski definition) is 6. The molecular formula is C20H24N4O4. The number of allylic oxidation sites excluding steroid dienone is 3. The van der Waals surface area contributed by atoms with Gasteiger partial charge in [0.05, 0.1) is 18.0 Å². The van der Waals surface area contributed by atoms with Gasteiger partial charge >= 0.3 is 0 Å². The fraction of sp³-hybridized carbons (Fsp3) is 0.500. The van der Waals surface area contributed by atoms with Crippen molar-refractivity contribution in [1.82, 2.24) is 20.2 Å². The van der Waals surface area contributed by atoms with E-state index in [0.717, 1.165) is 42.0 Å². The van der Waals surface area contributed by atoms with Crippen LogP contribution in [-0.4, -0.2) is 46.4 Å². The van der Waals surface area contributed by atoms with E-state index in [9.17, 15) is 9.59 Å². The molecule has 1 N–H and O–H groups in total. The van der Waals surface area contributed by atoms with E-state index in [2.05, 4.69) is 15.3 Å². The van der Waals surface area contributed by atoms with Gasteiger partial charge in [0.25, 0.3) is 11.8 Å². The van der Waals surface area contributed by atoms with Gasteiger partial charge < -0.3 is 19.7 Å². The lowest BCUT2D eigenvalue weighted by Crippen LogP contribution is -2.48. The Morgan fingerprint density at radius 1 is 1.46 bits per heavy atom. The lowest BCUT2D eigenvalue weighted by Gasteiger charge is -2.22. The Morgan fingerprint density at radius 3 is 3.07 bits per heavy atom. The highest BCUT2D eigenvalue weighted by atomic mass is 16.5. The van der Waals surface area contributed by atoms with Crippen LogP contribution in [0.25, 0.3) is 0 Å². The van der Waals surface area contributed by atoms with Gasteiger partial charge in [-0.25, -0.2) is 9.97 Å². The van der Waals surface area contributed by atoms with Crippen molar-refractivity contribution in [3.8, 4) is 0 Å². The molecule has 2 atom stereocenters. The summed E-state index contributed by atoms with van der Waals surface area (Å²) in [5.41, 5.74) is 1.85. The average Bonchev–Trinajstić information content (AvgIpc) is 3.01. The van der Waals surface area contributed by atoms with Crippen molar-refractivity contribution in [3.63, 3.8) is 0 Å². The second kappa shape index (κ2) is 7.01. The first-order valence-electron chi connectivity index (χ1n) is 9.54. The van der Waals surface area contributed by atoms with Crippen molar-refractivity contribution < 1.29 is 19.1 Å². The van der Waals surface area contributed by atoms with Crippen LogP contribution in [-0.2, 0) is 26.5 Å². The third-order valence-corrected chi connectivity index (χ3v) is 5.61. The standard InChI is InChI=1S/C20H24N4O4/c1-4-20(2)16-12(10-28-20)9-21-17(23-16)18(25)22-13-11-27-15-8-6-5-7-14(15)24(3)19(13)26/h5,7,9,13H,4,6,8,10-11H2,1-3H3,(H,22,25)/t13-,20?/m0/s1. The summed E-state index contributed by atoms with van der Waals surface area (Å²) >= 11 is 0. The number of carbonyl (C=O) groups is 2. The van der Waals surface area contributed by atoms with E-state index in [4.69, 9.17) is 9.47 Å². The Labute approximate surface area is 163 Å². The number of nitrogens with one attached hydrogen (secondary N) is 1. The zero-order valence-corrected chi connectivity index (χ0v) is 16.3. The Hall–Kier alpha value is -2.74. The summed E-state index contributed by atoms with van der Waals surface area (Å²) in [7, 11) is 1.69. The van der Waals surface area contributed by atoms with Gasteiger partial charge in [-0.1, -0.05) is 13.0 Å². The quantitative estimate of drug-likeness (QED) is 0.854. The summed E-state index contributed by atoms with van der Waals surface area (Å²) in [6.45, 7) is 4.49. The van der Waals surface area contributed by atoms with Crippen molar-refractivity contribution >= 4 is 11.8 Å². The van der Waals surface area contributed by atoms with Gasteiger partial charge in [0.1, 0.15) is 24.0 Å². The number of carbonyl (C=O) groups excluding carboxylic acids is 2. The molecule has 0 fully saturated rings. The minimum absolute atomic E-state index is 0.0289. The molecule has 0 bridgehead atoms. The summed E-state index contributed by atoms with van der Waals surface area (Å²) in [5.74, 6) is 0.0766. The largest absolute Gasteiger partial charge is 0.493 e. The third kappa shape index (κ3) is 3.07. The summed E-state index contributed by atoms with van der Waals surface area (Å²) < 4.78 is 11.6. The number of fused-ring (bicyclic) bond motifs is 1. The second-order valence-corrected chi connectivity index (χ2v) is 7.42. The number of rotatable bonds is 3. The molecule has 0 saturated carbocycles. The predicted molar refractivity (Wildman–Crippen MR) is 99.8 cm³/mol. The van der Waals surface area contributed by atoms with E-state index < -0.39 is 17.6 Å². The predicted octanol–water partition coefficient (Wildman–Crippen LogP) is 1.78. The molecule has 1 aliphatic carbocycles. The minimum atomic E-state index is -0.804. The molecule has 1 aromatic rings. The molecule has 0 aromatic carbocycles. The van der Waals surface area contributed by atoms with Gasteiger partial charge in [0.2, 0.25) is 5.82 Å². The number of hydrogen-bond donors (Lipinski definition) is 1. The molecule has 2 amide bonds. The molecule has 3 heterocycles. The molecule has 2 aliphatic heterocycles. The first-order valence-corrected chi connectivity index (χ1v) is 9.54. The van der Waals surface area contributed by atoms with E-state index in [0.29, 0.717) is 6.61 Å². The molecule has 28 heavy (non-hydrogen) atoms. The zero-order valence-electron chi connectivity index (χ0n) is 16.3. The number of ether oxygens (including phenoxy) is 2. The van der Waals surface area contributed by atoms with Crippen LogP contribution in [0.3, 0.4) is 0 Å². The number of aromatic nitrogens is 2. The van der Waals surface area contributed by atoms with Crippen molar-refractivity contribution in [2.45, 2.75) is 51.4 Å². The van der Waals surface area contributed by atoms with Crippen LogP contribution in [0.15, 0.2) is 29.8 Å². The molecule has 1 aromatic heterocycles. The zero-order chi connectivity index (χ0) is 19.9. The Bertz CT molecular complexity index is 894. The molecule has 0 radical (unpaired) electrons. The normalized spacial score (nSPS) is 26.5. The van der Waals surface area contributed by atoms with Crippen LogP contribution in [0, 0.1) is 0 Å². The lowest BCUT2D eigenvalue weighted by molar-refractivity contribution is -0.130. The molecule has 8 nitrogen and oxygen atoms in total. The summed E-state index contributed by atoms with van der Waals surface area (Å²) in [6, 6.07) is -0.804. The maximum Gasteiger partial charge on any atom is 0.289 e. The fourth-order valence-corrected chi connectivity index (χ4v) is 3.66. The molecule has 0 spiro atoms. The second-order valence-electron chi connectivity index (χ2n) is 7.42. The lowest BCUT2D eigenvalue weighted by atomic mass is 9.98. The number of likely N-dealkylation sites (N-methyl/N-ethyl adjacent to an activating group) is 1. The number of nitrogens with zero attached hydrogens (tertiary/aromatic N) is 3. The Kier molecular flexibility index (Phi) is 4.66. The topological polar surface area (TPSA) is 93.7 Å². The smallest absolute Gasteiger partial charge is 0.289 e. The molecule has 148 valence electrons. The maximum absolute atomic E-state index is 12.8. The van der Waals surface area contributed by atoms with Crippen LogP contribution in [0.5, 0.6) is 0 Å². The first-order chi connectivity index (χ1) is 13.4. The number of amides is 2. The molecule has 8 heteroatoms. The van der Waals surface area contributed by atoms with E-state index in [1.165, 1.54) is 4.90 Å².